The summed E-state index contributed by atoms with van der Waals surface area (Å²) in [6.45, 7) is 5.04. The standard InChI is InChI=1S/C16H26N6O3/c23-15(20-9-11-25-12-10-20)14-3-1-6-21(13-14)16(24)17-4-2-7-22-8-5-18-19-22/h5,8,14H,1-4,6-7,9-13H2,(H,17,24). The summed E-state index contributed by atoms with van der Waals surface area (Å²) in [7, 11) is 0. The van der Waals surface area contributed by atoms with Crippen molar-refractivity contribution < 1.29 is 14.3 Å². The van der Waals surface area contributed by atoms with Crippen molar-refractivity contribution in [2.24, 2.45) is 5.92 Å². The van der Waals surface area contributed by atoms with Crippen LogP contribution in [-0.4, -0.2) is 82.7 Å². The van der Waals surface area contributed by atoms with E-state index < -0.39 is 0 Å². The highest BCUT2D eigenvalue weighted by Gasteiger charge is 2.31. The Morgan fingerprint density at radius 1 is 1.20 bits per heavy atom. The SMILES string of the molecule is O=C(NCCCn1ccnn1)N1CCCC(C(=O)N2CCOCC2)C1. The number of piperidine rings is 1. The summed E-state index contributed by atoms with van der Waals surface area (Å²) in [6.07, 6.45) is 5.95. The van der Waals surface area contributed by atoms with Crippen molar-refractivity contribution in [1.29, 1.82) is 0 Å². The molecular formula is C16H26N6O3. The number of hydrogen-bond acceptors (Lipinski definition) is 5. The van der Waals surface area contributed by atoms with E-state index in [1.165, 1.54) is 0 Å². The van der Waals surface area contributed by atoms with Gasteiger partial charge in [-0.25, -0.2) is 4.79 Å². The lowest BCUT2D eigenvalue weighted by atomic mass is 9.96. The number of carbonyl (C=O) groups excluding carboxylic acids is 2. The van der Waals surface area contributed by atoms with Crippen LogP contribution in [0.4, 0.5) is 4.79 Å². The summed E-state index contributed by atoms with van der Waals surface area (Å²) in [4.78, 5) is 28.6. The molecule has 3 amide bonds. The molecule has 3 heterocycles. The summed E-state index contributed by atoms with van der Waals surface area (Å²) in [6, 6.07) is -0.0851. The van der Waals surface area contributed by atoms with Gasteiger partial charge < -0.3 is 19.9 Å². The molecule has 2 saturated heterocycles. The van der Waals surface area contributed by atoms with E-state index in [9.17, 15) is 9.59 Å². The van der Waals surface area contributed by atoms with Crippen LogP contribution in [0.15, 0.2) is 12.4 Å². The van der Waals surface area contributed by atoms with E-state index in [0.29, 0.717) is 45.9 Å². The van der Waals surface area contributed by atoms with E-state index in [4.69, 9.17) is 4.74 Å². The zero-order valence-corrected chi connectivity index (χ0v) is 14.5. The molecule has 0 radical (unpaired) electrons. The van der Waals surface area contributed by atoms with Gasteiger partial charge in [-0.15, -0.1) is 5.10 Å². The lowest BCUT2D eigenvalue weighted by molar-refractivity contribution is -0.141. The van der Waals surface area contributed by atoms with Crippen molar-refractivity contribution in [3.63, 3.8) is 0 Å². The molecule has 0 aliphatic carbocycles. The largest absolute Gasteiger partial charge is 0.378 e. The minimum absolute atomic E-state index is 0.0851. The van der Waals surface area contributed by atoms with Gasteiger partial charge in [0.05, 0.1) is 25.3 Å². The molecule has 1 atom stereocenters. The molecule has 3 rings (SSSR count). The molecule has 0 aromatic carbocycles. The number of carbonyl (C=O) groups is 2. The highest BCUT2D eigenvalue weighted by Crippen LogP contribution is 2.19. The Morgan fingerprint density at radius 2 is 2.04 bits per heavy atom. The second-order valence-corrected chi connectivity index (χ2v) is 6.47. The molecule has 2 aliphatic rings. The second kappa shape index (κ2) is 8.80. The molecule has 0 bridgehead atoms. The smallest absolute Gasteiger partial charge is 0.317 e. The average molecular weight is 350 g/mol. The highest BCUT2D eigenvalue weighted by molar-refractivity contribution is 5.81. The quantitative estimate of drug-likeness (QED) is 0.752. The molecule has 138 valence electrons. The van der Waals surface area contributed by atoms with Gasteiger partial charge in [0, 0.05) is 45.5 Å². The number of morpholine rings is 1. The van der Waals surface area contributed by atoms with Crippen molar-refractivity contribution in [2.75, 3.05) is 45.9 Å². The first-order chi connectivity index (χ1) is 12.2. The van der Waals surface area contributed by atoms with Gasteiger partial charge in [0.15, 0.2) is 0 Å². The third kappa shape index (κ3) is 4.91. The van der Waals surface area contributed by atoms with Crippen LogP contribution >= 0.6 is 0 Å². The van der Waals surface area contributed by atoms with Crippen LogP contribution < -0.4 is 5.32 Å². The van der Waals surface area contributed by atoms with Gasteiger partial charge >= 0.3 is 6.03 Å². The van der Waals surface area contributed by atoms with Gasteiger partial charge in [-0.05, 0) is 19.3 Å². The van der Waals surface area contributed by atoms with Crippen LogP contribution in [0.1, 0.15) is 19.3 Å². The average Bonchev–Trinajstić information content (AvgIpc) is 3.19. The number of aromatic nitrogens is 3. The summed E-state index contributed by atoms with van der Waals surface area (Å²) in [5, 5.41) is 10.6. The van der Waals surface area contributed by atoms with E-state index in [0.717, 1.165) is 25.8 Å². The van der Waals surface area contributed by atoms with Gasteiger partial charge in [-0.3, -0.25) is 9.48 Å². The Hall–Kier alpha value is -2.16. The molecule has 1 aromatic rings. The summed E-state index contributed by atoms with van der Waals surface area (Å²) in [5.41, 5.74) is 0. The number of amides is 3. The Bertz CT molecular complexity index is 558. The van der Waals surface area contributed by atoms with Gasteiger partial charge in [0.1, 0.15) is 0 Å². The highest BCUT2D eigenvalue weighted by atomic mass is 16.5. The predicted molar refractivity (Wildman–Crippen MR) is 89.7 cm³/mol. The van der Waals surface area contributed by atoms with Crippen molar-refractivity contribution >= 4 is 11.9 Å². The van der Waals surface area contributed by atoms with Crippen molar-refractivity contribution in [1.82, 2.24) is 30.1 Å². The fourth-order valence-electron chi connectivity index (χ4n) is 3.31. The van der Waals surface area contributed by atoms with Crippen molar-refractivity contribution in [3.8, 4) is 0 Å². The van der Waals surface area contributed by atoms with E-state index in [1.54, 1.807) is 22.0 Å². The monoisotopic (exact) mass is 350 g/mol. The third-order valence-corrected chi connectivity index (χ3v) is 4.69. The third-order valence-electron chi connectivity index (χ3n) is 4.69. The number of urea groups is 1. The number of aryl methyl sites for hydroxylation is 1. The Balaban J connectivity index is 1.40. The number of ether oxygens (including phenoxy) is 1. The number of nitrogens with one attached hydrogen (secondary N) is 1. The predicted octanol–water partition coefficient (Wildman–Crippen LogP) is -0.0514. The Labute approximate surface area is 147 Å². The van der Waals surface area contributed by atoms with Crippen LogP contribution in [0.5, 0.6) is 0 Å². The first-order valence-electron chi connectivity index (χ1n) is 8.97. The van der Waals surface area contributed by atoms with Crippen LogP contribution in [-0.2, 0) is 16.1 Å². The van der Waals surface area contributed by atoms with Gasteiger partial charge in [-0.1, -0.05) is 5.21 Å². The molecule has 9 heteroatoms. The zero-order valence-electron chi connectivity index (χ0n) is 14.5. The van der Waals surface area contributed by atoms with E-state index in [1.807, 2.05) is 4.90 Å². The summed E-state index contributed by atoms with van der Waals surface area (Å²) >= 11 is 0. The Kier molecular flexibility index (Phi) is 6.21. The van der Waals surface area contributed by atoms with Gasteiger partial charge in [0.25, 0.3) is 0 Å². The molecule has 0 saturated carbocycles. The van der Waals surface area contributed by atoms with Gasteiger partial charge in [-0.2, -0.15) is 0 Å². The van der Waals surface area contributed by atoms with Gasteiger partial charge in [0.2, 0.25) is 5.91 Å². The summed E-state index contributed by atoms with van der Waals surface area (Å²) < 4.78 is 7.04. The minimum atomic E-state index is -0.0900. The maximum absolute atomic E-state index is 12.6. The van der Waals surface area contributed by atoms with Crippen molar-refractivity contribution in [2.45, 2.75) is 25.8 Å². The lowest BCUT2D eigenvalue weighted by Gasteiger charge is -2.36. The van der Waals surface area contributed by atoms with Crippen molar-refractivity contribution in [3.05, 3.63) is 12.4 Å². The number of likely N-dealkylation sites (tertiary alicyclic amines) is 1. The summed E-state index contributed by atoms with van der Waals surface area (Å²) in [5.74, 6) is 0.0692. The van der Waals surface area contributed by atoms with E-state index >= 15 is 0 Å². The van der Waals surface area contributed by atoms with E-state index in [-0.39, 0.29) is 17.9 Å². The molecular weight excluding hydrogens is 324 g/mol. The lowest BCUT2D eigenvalue weighted by Crippen LogP contribution is -2.51. The fraction of sp³-hybridized carbons (Fsp3) is 0.750. The molecule has 9 nitrogen and oxygen atoms in total. The normalized spacial score (nSPS) is 21.2. The van der Waals surface area contributed by atoms with Crippen LogP contribution in [0.2, 0.25) is 0 Å². The maximum atomic E-state index is 12.6. The number of rotatable bonds is 5. The molecule has 0 spiro atoms. The first-order valence-corrected chi connectivity index (χ1v) is 8.97. The molecule has 1 unspecified atom stereocenters. The first kappa shape index (κ1) is 17.7. The number of nitrogens with zero attached hydrogens (tertiary/aromatic N) is 5. The van der Waals surface area contributed by atoms with E-state index in [2.05, 4.69) is 15.6 Å². The zero-order chi connectivity index (χ0) is 17.5. The Morgan fingerprint density at radius 3 is 2.80 bits per heavy atom. The second-order valence-electron chi connectivity index (χ2n) is 6.47. The van der Waals surface area contributed by atoms with Crippen LogP contribution in [0.25, 0.3) is 0 Å². The fourth-order valence-corrected chi connectivity index (χ4v) is 3.31. The number of hydrogen-bond donors (Lipinski definition) is 1. The van der Waals surface area contributed by atoms with Crippen LogP contribution in [0.3, 0.4) is 0 Å². The molecule has 2 aliphatic heterocycles. The molecule has 2 fully saturated rings. The van der Waals surface area contributed by atoms with Crippen LogP contribution in [0, 0.1) is 5.92 Å². The molecule has 1 N–H and O–H groups in total. The molecule has 1 aromatic heterocycles. The molecule has 25 heavy (non-hydrogen) atoms. The topological polar surface area (TPSA) is 92.6 Å². The minimum Gasteiger partial charge on any atom is -0.378 e. The maximum Gasteiger partial charge on any atom is 0.317 e.